The second-order valence-corrected chi connectivity index (χ2v) is 6.02. The maximum Gasteiger partial charge on any atom is 0.0738 e. The van der Waals surface area contributed by atoms with Crippen molar-refractivity contribution in [3.8, 4) is 0 Å². The van der Waals surface area contributed by atoms with Crippen LogP contribution >= 0.6 is 0 Å². The summed E-state index contributed by atoms with van der Waals surface area (Å²) in [5.74, 6) is 0.801. The second-order valence-electron chi connectivity index (χ2n) is 6.02. The van der Waals surface area contributed by atoms with Crippen LogP contribution in [0.1, 0.15) is 51.9 Å². The molecule has 100 valence electrons. The van der Waals surface area contributed by atoms with Crippen molar-refractivity contribution in [2.45, 2.75) is 57.5 Å². The van der Waals surface area contributed by atoms with Gasteiger partial charge in [-0.05, 0) is 44.4 Å². The maximum absolute atomic E-state index is 11.0. The fourth-order valence-corrected chi connectivity index (χ4v) is 3.66. The van der Waals surface area contributed by atoms with Gasteiger partial charge in [0.15, 0.2) is 0 Å². The van der Waals surface area contributed by atoms with E-state index < -0.39 is 5.60 Å². The fourth-order valence-electron chi connectivity index (χ4n) is 3.66. The number of hydrogen-bond donors (Lipinski definition) is 2. The maximum atomic E-state index is 11.0. The van der Waals surface area contributed by atoms with E-state index in [1.54, 1.807) is 0 Å². The molecule has 3 N–H and O–H groups in total. The van der Waals surface area contributed by atoms with Crippen molar-refractivity contribution in [2.75, 3.05) is 19.8 Å². The van der Waals surface area contributed by atoms with E-state index in [9.17, 15) is 5.11 Å². The third-order valence-electron chi connectivity index (χ3n) is 5.21. The van der Waals surface area contributed by atoms with Gasteiger partial charge in [0.2, 0.25) is 0 Å². The number of nitrogens with two attached hydrogens (primary N) is 1. The first-order chi connectivity index (χ1) is 8.16. The molecule has 1 aliphatic carbocycles. The molecule has 0 bridgehead atoms. The third-order valence-corrected chi connectivity index (χ3v) is 5.21. The lowest BCUT2D eigenvalue weighted by Gasteiger charge is -2.51. The van der Waals surface area contributed by atoms with Crippen LogP contribution in [0.25, 0.3) is 0 Å². The first kappa shape index (κ1) is 13.3. The molecule has 0 amide bonds. The van der Waals surface area contributed by atoms with E-state index in [1.165, 1.54) is 6.42 Å². The van der Waals surface area contributed by atoms with Crippen LogP contribution in [0.3, 0.4) is 0 Å². The van der Waals surface area contributed by atoms with Gasteiger partial charge in [0.25, 0.3) is 0 Å². The molecule has 1 heterocycles. The molecule has 1 aliphatic heterocycles. The molecule has 3 nitrogen and oxygen atoms in total. The molecule has 17 heavy (non-hydrogen) atoms. The Morgan fingerprint density at radius 2 is 2.00 bits per heavy atom. The van der Waals surface area contributed by atoms with Crippen LogP contribution in [0.15, 0.2) is 0 Å². The molecule has 2 aliphatic rings. The summed E-state index contributed by atoms with van der Waals surface area (Å²) in [6.45, 7) is 4.28. The van der Waals surface area contributed by atoms with Crippen LogP contribution < -0.4 is 5.73 Å². The average molecular weight is 241 g/mol. The van der Waals surface area contributed by atoms with Gasteiger partial charge in [-0.25, -0.2) is 0 Å². The lowest BCUT2D eigenvalue weighted by molar-refractivity contribution is -0.163. The largest absolute Gasteiger partial charge is 0.389 e. The number of hydrogen-bond acceptors (Lipinski definition) is 3. The molecule has 1 unspecified atom stereocenters. The highest BCUT2D eigenvalue weighted by atomic mass is 16.5. The zero-order valence-electron chi connectivity index (χ0n) is 11.1. The molecule has 1 saturated heterocycles. The second kappa shape index (κ2) is 5.25. The first-order valence-corrected chi connectivity index (χ1v) is 7.16. The Labute approximate surface area is 105 Å². The van der Waals surface area contributed by atoms with Gasteiger partial charge in [-0.1, -0.05) is 13.3 Å². The van der Waals surface area contributed by atoms with E-state index in [2.05, 4.69) is 6.92 Å². The lowest BCUT2D eigenvalue weighted by Crippen LogP contribution is -2.58. The molecule has 0 aromatic rings. The highest BCUT2D eigenvalue weighted by molar-refractivity contribution is 5.02. The quantitative estimate of drug-likeness (QED) is 0.795. The van der Waals surface area contributed by atoms with Crippen molar-refractivity contribution >= 4 is 0 Å². The molecule has 0 radical (unpaired) electrons. The third kappa shape index (κ3) is 2.38. The van der Waals surface area contributed by atoms with Gasteiger partial charge in [0.1, 0.15) is 0 Å². The summed E-state index contributed by atoms with van der Waals surface area (Å²) < 4.78 is 5.61. The smallest absolute Gasteiger partial charge is 0.0738 e. The Morgan fingerprint density at radius 1 is 1.29 bits per heavy atom. The Morgan fingerprint density at radius 3 is 2.47 bits per heavy atom. The molecule has 1 atom stereocenters. The molecule has 0 aromatic heterocycles. The summed E-state index contributed by atoms with van der Waals surface area (Å²) in [5, 5.41) is 11.0. The van der Waals surface area contributed by atoms with Crippen LogP contribution in [0, 0.1) is 11.3 Å². The van der Waals surface area contributed by atoms with Crippen LogP contribution in [-0.2, 0) is 4.74 Å². The van der Waals surface area contributed by atoms with Gasteiger partial charge >= 0.3 is 0 Å². The van der Waals surface area contributed by atoms with Crippen LogP contribution in [0.5, 0.6) is 0 Å². The van der Waals surface area contributed by atoms with Gasteiger partial charge in [-0.15, -0.1) is 0 Å². The summed E-state index contributed by atoms with van der Waals surface area (Å²) in [6, 6.07) is 0. The van der Waals surface area contributed by atoms with Crippen LogP contribution in [0.2, 0.25) is 0 Å². The fraction of sp³-hybridized carbons (Fsp3) is 1.00. The Kier molecular flexibility index (Phi) is 4.11. The van der Waals surface area contributed by atoms with E-state index in [4.69, 9.17) is 10.5 Å². The molecule has 1 saturated carbocycles. The summed E-state index contributed by atoms with van der Waals surface area (Å²) in [7, 11) is 0. The predicted molar refractivity (Wildman–Crippen MR) is 68.7 cm³/mol. The first-order valence-electron chi connectivity index (χ1n) is 7.16. The van der Waals surface area contributed by atoms with Crippen molar-refractivity contribution in [3.05, 3.63) is 0 Å². The van der Waals surface area contributed by atoms with Crippen molar-refractivity contribution in [1.29, 1.82) is 0 Å². The average Bonchev–Trinajstić information content (AvgIpc) is 2.40. The van der Waals surface area contributed by atoms with Gasteiger partial charge in [-0.2, -0.15) is 0 Å². The minimum atomic E-state index is -0.576. The van der Waals surface area contributed by atoms with E-state index in [-0.39, 0.29) is 5.41 Å². The van der Waals surface area contributed by atoms with Crippen LogP contribution in [-0.4, -0.2) is 30.5 Å². The zero-order chi connectivity index (χ0) is 12.4. The van der Waals surface area contributed by atoms with E-state index in [0.29, 0.717) is 13.2 Å². The molecule has 2 fully saturated rings. The monoisotopic (exact) mass is 241 g/mol. The van der Waals surface area contributed by atoms with Crippen LogP contribution in [0.4, 0.5) is 0 Å². The highest BCUT2D eigenvalue weighted by Gasteiger charge is 2.51. The van der Waals surface area contributed by atoms with E-state index in [0.717, 1.165) is 51.0 Å². The predicted octanol–water partition coefficient (Wildman–Crippen LogP) is 2.07. The van der Waals surface area contributed by atoms with Gasteiger partial charge in [-0.3, -0.25) is 0 Å². The normalized spacial score (nSPS) is 43.6. The minimum absolute atomic E-state index is 0.177. The van der Waals surface area contributed by atoms with Crippen molar-refractivity contribution in [2.24, 2.45) is 17.1 Å². The zero-order valence-corrected chi connectivity index (χ0v) is 11.1. The molecule has 0 aromatic carbocycles. The van der Waals surface area contributed by atoms with Crippen molar-refractivity contribution in [3.63, 3.8) is 0 Å². The van der Waals surface area contributed by atoms with Crippen molar-refractivity contribution in [1.82, 2.24) is 0 Å². The summed E-state index contributed by atoms with van der Waals surface area (Å²) in [4.78, 5) is 0. The summed E-state index contributed by atoms with van der Waals surface area (Å²) >= 11 is 0. The van der Waals surface area contributed by atoms with Gasteiger partial charge in [0, 0.05) is 18.6 Å². The Bertz CT molecular complexity index is 241. The van der Waals surface area contributed by atoms with Gasteiger partial charge < -0.3 is 15.6 Å². The molecule has 2 rings (SSSR count). The topological polar surface area (TPSA) is 55.5 Å². The van der Waals surface area contributed by atoms with E-state index in [1.807, 2.05) is 0 Å². The minimum Gasteiger partial charge on any atom is -0.389 e. The lowest BCUT2D eigenvalue weighted by atomic mass is 9.61. The Balaban J connectivity index is 2.08. The molecule has 3 heteroatoms. The van der Waals surface area contributed by atoms with Gasteiger partial charge in [0.05, 0.1) is 12.2 Å². The number of ether oxygens (including phenoxy) is 1. The number of aliphatic hydroxyl groups is 1. The summed E-state index contributed by atoms with van der Waals surface area (Å²) in [6.07, 6.45) is 7.41. The highest BCUT2D eigenvalue weighted by Crippen LogP contribution is 2.48. The number of rotatable bonds is 3. The van der Waals surface area contributed by atoms with Crippen molar-refractivity contribution < 1.29 is 9.84 Å². The SMILES string of the molecule is CCC1CCC(O)(C2(CN)CCCOC2)CC1. The molecular weight excluding hydrogens is 214 g/mol. The standard InChI is InChI=1S/C14H27NO2/c1-2-12-4-7-14(16,8-5-12)13(10-15)6-3-9-17-11-13/h12,16H,2-11,15H2,1H3. The molecular formula is C14H27NO2. The summed E-state index contributed by atoms with van der Waals surface area (Å²) in [5.41, 5.74) is 5.23. The van der Waals surface area contributed by atoms with E-state index >= 15 is 0 Å². The molecule has 0 spiro atoms. The Hall–Kier alpha value is -0.120.